The molecule has 17 heavy (non-hydrogen) atoms. The maximum absolute atomic E-state index is 5.81. The molecule has 0 amide bonds. The zero-order chi connectivity index (χ0) is 12.4. The molecule has 0 aliphatic heterocycles. The van der Waals surface area contributed by atoms with Crippen molar-refractivity contribution < 1.29 is 0 Å². The number of rotatable bonds is 3. The second-order valence-corrected chi connectivity index (χ2v) is 4.36. The monoisotopic (exact) mass is 230 g/mol. The van der Waals surface area contributed by atoms with Crippen LogP contribution in [0, 0.1) is 13.8 Å². The van der Waals surface area contributed by atoms with Crippen LogP contribution in [0.5, 0.6) is 0 Å². The van der Waals surface area contributed by atoms with Gasteiger partial charge in [0.05, 0.1) is 6.04 Å². The van der Waals surface area contributed by atoms with Crippen molar-refractivity contribution in [3.63, 3.8) is 0 Å². The number of benzene rings is 1. The largest absolute Gasteiger partial charge is 0.382 e. The lowest BCUT2D eigenvalue weighted by atomic mass is 10.1. The molecule has 4 N–H and O–H groups in total. The number of nitrogen functional groups attached to an aromatic ring is 1. The van der Waals surface area contributed by atoms with Crippen LogP contribution in [0.4, 0.5) is 11.6 Å². The van der Waals surface area contributed by atoms with Crippen molar-refractivity contribution in [2.24, 2.45) is 0 Å². The quantitative estimate of drug-likeness (QED) is 0.759. The van der Waals surface area contributed by atoms with Crippen LogP contribution in [-0.2, 0) is 0 Å². The molecule has 1 unspecified atom stereocenters. The van der Waals surface area contributed by atoms with Gasteiger partial charge in [0, 0.05) is 0 Å². The Labute approximate surface area is 101 Å². The van der Waals surface area contributed by atoms with Gasteiger partial charge in [-0.25, -0.2) is 4.98 Å². The van der Waals surface area contributed by atoms with E-state index in [1.807, 2.05) is 6.92 Å². The third-order valence-corrected chi connectivity index (χ3v) is 2.78. The van der Waals surface area contributed by atoms with Crippen LogP contribution in [0.2, 0.25) is 0 Å². The number of nitrogens with one attached hydrogen (secondary N) is 2. The number of hydrogen-bond donors (Lipinski definition) is 3. The van der Waals surface area contributed by atoms with Crippen molar-refractivity contribution in [1.29, 1.82) is 0 Å². The number of anilines is 2. The summed E-state index contributed by atoms with van der Waals surface area (Å²) in [5.41, 5.74) is 8.29. The Morgan fingerprint density at radius 3 is 2.41 bits per heavy atom. The molecular weight excluding hydrogens is 212 g/mol. The summed E-state index contributed by atoms with van der Waals surface area (Å²) in [4.78, 5) is 7.28. The molecule has 0 radical (unpaired) electrons. The van der Waals surface area contributed by atoms with Gasteiger partial charge in [-0.15, -0.1) is 0 Å². The molecule has 0 fully saturated rings. The van der Waals surface area contributed by atoms with Gasteiger partial charge in [0.15, 0.2) is 5.82 Å². The Morgan fingerprint density at radius 1 is 1.24 bits per heavy atom. The van der Waals surface area contributed by atoms with E-state index in [1.54, 1.807) is 0 Å². The Hall–Kier alpha value is -1.97. The minimum Gasteiger partial charge on any atom is -0.382 e. The van der Waals surface area contributed by atoms with Gasteiger partial charge in [-0.3, -0.25) is 0 Å². The SMILES string of the molecule is Cc1ccc(C(C)Nc2nc(C)[nH]c2N)cc1. The zero-order valence-electron chi connectivity index (χ0n) is 10.4. The fraction of sp³-hybridized carbons (Fsp3) is 0.308. The Bertz CT molecular complexity index is 499. The number of nitrogens with zero attached hydrogens (tertiary/aromatic N) is 1. The average Bonchev–Trinajstić information content (AvgIpc) is 2.58. The zero-order valence-corrected chi connectivity index (χ0v) is 10.4. The minimum absolute atomic E-state index is 0.181. The maximum atomic E-state index is 5.81. The molecule has 0 saturated carbocycles. The van der Waals surface area contributed by atoms with E-state index in [0.717, 1.165) is 11.6 Å². The molecule has 4 nitrogen and oxygen atoms in total. The molecule has 1 aromatic heterocycles. The van der Waals surface area contributed by atoms with E-state index in [4.69, 9.17) is 5.73 Å². The summed E-state index contributed by atoms with van der Waals surface area (Å²) in [7, 11) is 0. The van der Waals surface area contributed by atoms with Crippen LogP contribution >= 0.6 is 0 Å². The highest BCUT2D eigenvalue weighted by molar-refractivity contribution is 5.57. The fourth-order valence-corrected chi connectivity index (χ4v) is 1.76. The molecular formula is C13H18N4. The highest BCUT2D eigenvalue weighted by Crippen LogP contribution is 2.22. The van der Waals surface area contributed by atoms with E-state index in [0.29, 0.717) is 5.82 Å². The van der Waals surface area contributed by atoms with Crippen molar-refractivity contribution >= 4 is 11.6 Å². The fourth-order valence-electron chi connectivity index (χ4n) is 1.76. The normalized spacial score (nSPS) is 12.4. The van der Waals surface area contributed by atoms with Crippen LogP contribution in [0.15, 0.2) is 24.3 Å². The van der Waals surface area contributed by atoms with Crippen LogP contribution in [0.25, 0.3) is 0 Å². The van der Waals surface area contributed by atoms with E-state index in [1.165, 1.54) is 11.1 Å². The van der Waals surface area contributed by atoms with E-state index in [2.05, 4.69) is 53.4 Å². The van der Waals surface area contributed by atoms with E-state index < -0.39 is 0 Å². The smallest absolute Gasteiger partial charge is 0.169 e. The average molecular weight is 230 g/mol. The number of imidazole rings is 1. The highest BCUT2D eigenvalue weighted by atomic mass is 15.1. The lowest BCUT2D eigenvalue weighted by Gasteiger charge is -2.14. The van der Waals surface area contributed by atoms with E-state index in [9.17, 15) is 0 Å². The standard InChI is InChI=1S/C13H18N4/c1-8-4-6-11(7-5-8)9(2)15-13-12(14)16-10(3)17-13/h4-7,9,15H,14H2,1-3H3,(H,16,17). The Balaban J connectivity index is 2.13. The minimum atomic E-state index is 0.181. The summed E-state index contributed by atoms with van der Waals surface area (Å²) in [6, 6.07) is 8.62. The molecule has 1 atom stereocenters. The summed E-state index contributed by atoms with van der Waals surface area (Å²) in [5, 5.41) is 3.30. The first kappa shape index (κ1) is 11.5. The number of aromatic amines is 1. The van der Waals surface area contributed by atoms with Crippen molar-refractivity contribution in [2.45, 2.75) is 26.8 Å². The van der Waals surface area contributed by atoms with Crippen LogP contribution in [0.3, 0.4) is 0 Å². The van der Waals surface area contributed by atoms with Gasteiger partial charge in [-0.05, 0) is 26.3 Å². The number of aromatic nitrogens is 2. The third-order valence-electron chi connectivity index (χ3n) is 2.78. The van der Waals surface area contributed by atoms with E-state index in [-0.39, 0.29) is 6.04 Å². The molecule has 4 heteroatoms. The molecule has 0 bridgehead atoms. The van der Waals surface area contributed by atoms with Gasteiger partial charge in [-0.1, -0.05) is 29.8 Å². The first-order chi connectivity index (χ1) is 8.06. The summed E-state index contributed by atoms with van der Waals surface area (Å²) < 4.78 is 0. The van der Waals surface area contributed by atoms with Crippen LogP contribution < -0.4 is 11.1 Å². The van der Waals surface area contributed by atoms with Gasteiger partial charge in [0.25, 0.3) is 0 Å². The molecule has 0 aliphatic rings. The summed E-state index contributed by atoms with van der Waals surface area (Å²) in [6.07, 6.45) is 0. The first-order valence-corrected chi connectivity index (χ1v) is 5.71. The van der Waals surface area contributed by atoms with E-state index >= 15 is 0 Å². The predicted octanol–water partition coefficient (Wildman–Crippen LogP) is 2.78. The Kier molecular flexibility index (Phi) is 3.04. The van der Waals surface area contributed by atoms with Crippen molar-refractivity contribution in [2.75, 3.05) is 11.1 Å². The topological polar surface area (TPSA) is 66.7 Å². The summed E-state index contributed by atoms with van der Waals surface area (Å²) in [5.74, 6) is 2.12. The number of H-pyrrole nitrogens is 1. The van der Waals surface area contributed by atoms with Crippen LogP contribution in [0.1, 0.15) is 29.9 Å². The molecule has 0 saturated heterocycles. The molecule has 0 aliphatic carbocycles. The van der Waals surface area contributed by atoms with Crippen molar-refractivity contribution in [1.82, 2.24) is 9.97 Å². The van der Waals surface area contributed by atoms with Gasteiger partial charge in [-0.2, -0.15) is 0 Å². The van der Waals surface area contributed by atoms with Crippen molar-refractivity contribution in [3.8, 4) is 0 Å². The Morgan fingerprint density at radius 2 is 1.88 bits per heavy atom. The lowest BCUT2D eigenvalue weighted by molar-refractivity contribution is 0.876. The molecule has 0 spiro atoms. The maximum Gasteiger partial charge on any atom is 0.169 e. The van der Waals surface area contributed by atoms with Gasteiger partial charge >= 0.3 is 0 Å². The second-order valence-electron chi connectivity index (χ2n) is 4.36. The third kappa shape index (κ3) is 2.58. The van der Waals surface area contributed by atoms with Gasteiger partial charge in [0.2, 0.25) is 0 Å². The highest BCUT2D eigenvalue weighted by Gasteiger charge is 2.09. The number of hydrogen-bond acceptors (Lipinski definition) is 3. The second kappa shape index (κ2) is 4.49. The molecule has 2 aromatic rings. The van der Waals surface area contributed by atoms with Gasteiger partial charge < -0.3 is 16.0 Å². The molecule has 1 heterocycles. The number of nitrogens with two attached hydrogens (primary N) is 1. The van der Waals surface area contributed by atoms with Crippen molar-refractivity contribution in [3.05, 3.63) is 41.2 Å². The summed E-state index contributed by atoms with van der Waals surface area (Å²) >= 11 is 0. The first-order valence-electron chi connectivity index (χ1n) is 5.71. The molecule has 2 rings (SSSR count). The molecule has 90 valence electrons. The predicted molar refractivity (Wildman–Crippen MR) is 71.0 cm³/mol. The van der Waals surface area contributed by atoms with Gasteiger partial charge in [0.1, 0.15) is 11.6 Å². The molecule has 1 aromatic carbocycles. The van der Waals surface area contributed by atoms with Crippen LogP contribution in [-0.4, -0.2) is 9.97 Å². The number of aryl methyl sites for hydroxylation is 2. The lowest BCUT2D eigenvalue weighted by Crippen LogP contribution is -2.08. The summed E-state index contributed by atoms with van der Waals surface area (Å²) in [6.45, 7) is 6.06.